The lowest BCUT2D eigenvalue weighted by atomic mass is 9.72. The zero-order valence-corrected chi connectivity index (χ0v) is 16.6. The molecule has 1 aliphatic rings. The van der Waals surface area contributed by atoms with E-state index in [0.717, 1.165) is 12.8 Å². The lowest BCUT2D eigenvalue weighted by molar-refractivity contribution is 0.0850. The van der Waals surface area contributed by atoms with Crippen molar-refractivity contribution in [3.8, 4) is 0 Å². The van der Waals surface area contributed by atoms with Gasteiger partial charge < -0.3 is 0 Å². The summed E-state index contributed by atoms with van der Waals surface area (Å²) in [6.07, 6.45) is 3.22. The van der Waals surface area contributed by atoms with Crippen LogP contribution >= 0.6 is 22.7 Å². The summed E-state index contributed by atoms with van der Waals surface area (Å²) in [5.74, 6) is 0.0456. The second kappa shape index (κ2) is 6.88. The lowest BCUT2D eigenvalue weighted by Crippen LogP contribution is -2.41. The molecule has 2 amide bonds. The van der Waals surface area contributed by atoms with E-state index in [9.17, 15) is 9.59 Å². The predicted octanol–water partition coefficient (Wildman–Crippen LogP) is 3.74. The van der Waals surface area contributed by atoms with E-state index in [4.69, 9.17) is 0 Å². The highest BCUT2D eigenvalue weighted by molar-refractivity contribution is 7.14. The highest BCUT2D eigenvalue weighted by Crippen LogP contribution is 2.40. The summed E-state index contributed by atoms with van der Waals surface area (Å²) >= 11 is 2.79. The maximum absolute atomic E-state index is 12.4. The van der Waals surface area contributed by atoms with Gasteiger partial charge in [0.05, 0.1) is 16.1 Å². The summed E-state index contributed by atoms with van der Waals surface area (Å²) in [6, 6.07) is 1.98. The van der Waals surface area contributed by atoms with Crippen molar-refractivity contribution in [2.75, 3.05) is 0 Å². The minimum atomic E-state index is -0.331. The van der Waals surface area contributed by atoms with Crippen molar-refractivity contribution >= 4 is 34.5 Å². The molecule has 3 rings (SSSR count). The van der Waals surface area contributed by atoms with E-state index in [1.807, 2.05) is 6.07 Å². The molecule has 2 heterocycles. The number of rotatable bonds is 2. The van der Waals surface area contributed by atoms with Gasteiger partial charge in [0.2, 0.25) is 0 Å². The van der Waals surface area contributed by atoms with Crippen molar-refractivity contribution in [3.05, 3.63) is 37.5 Å². The molecule has 5 nitrogen and oxygen atoms in total. The Morgan fingerprint density at radius 3 is 2.60 bits per heavy atom. The van der Waals surface area contributed by atoms with Crippen molar-refractivity contribution in [1.29, 1.82) is 0 Å². The van der Waals surface area contributed by atoms with Crippen LogP contribution in [-0.4, -0.2) is 16.8 Å². The van der Waals surface area contributed by atoms with Crippen molar-refractivity contribution in [1.82, 2.24) is 15.8 Å². The normalized spacial score (nSPS) is 17.0. The molecule has 0 bridgehead atoms. The number of aromatic nitrogens is 1. The fraction of sp³-hybridized carbons (Fsp3) is 0.500. The summed E-state index contributed by atoms with van der Waals surface area (Å²) in [5, 5.41) is 0. The average molecular weight is 378 g/mol. The van der Waals surface area contributed by atoms with Crippen LogP contribution in [0.15, 0.2) is 11.6 Å². The summed E-state index contributed by atoms with van der Waals surface area (Å²) < 4.78 is 0. The first kappa shape index (κ1) is 18.1. The summed E-state index contributed by atoms with van der Waals surface area (Å²) in [7, 11) is 0. The highest BCUT2D eigenvalue weighted by Gasteiger charge is 2.30. The maximum Gasteiger partial charge on any atom is 0.281 e. The SMILES string of the molecule is Cc1ncsc1C(=O)NNC(=O)c1cc2c(s1)CC[C@@H](C(C)(C)C)C2. The van der Waals surface area contributed by atoms with Crippen LogP contribution in [0.25, 0.3) is 0 Å². The van der Waals surface area contributed by atoms with Crippen LogP contribution < -0.4 is 10.9 Å². The molecular weight excluding hydrogens is 354 g/mol. The second-order valence-electron chi connectivity index (χ2n) is 7.54. The third kappa shape index (κ3) is 3.93. The predicted molar refractivity (Wildman–Crippen MR) is 101 cm³/mol. The zero-order chi connectivity index (χ0) is 18.2. The molecule has 0 spiro atoms. The third-order valence-corrected chi connectivity index (χ3v) is 6.94. The summed E-state index contributed by atoms with van der Waals surface area (Å²) in [6.45, 7) is 8.60. The standard InChI is InChI=1S/C18H23N3O2S2/c1-10-15(24-9-19-10)17(23)21-20-16(22)14-8-11-7-12(18(2,3)4)5-6-13(11)25-14/h8-9,12H,5-7H2,1-4H3,(H,20,22)(H,21,23)/t12-/m1/s1. The van der Waals surface area contributed by atoms with E-state index in [-0.39, 0.29) is 17.2 Å². The lowest BCUT2D eigenvalue weighted by Gasteiger charge is -2.33. The fourth-order valence-electron chi connectivity index (χ4n) is 3.13. The average Bonchev–Trinajstić information content (AvgIpc) is 3.16. The van der Waals surface area contributed by atoms with Crippen LogP contribution in [-0.2, 0) is 12.8 Å². The Morgan fingerprint density at radius 2 is 1.96 bits per heavy atom. The number of nitrogens with one attached hydrogen (secondary N) is 2. The van der Waals surface area contributed by atoms with Crippen molar-refractivity contribution in [3.63, 3.8) is 0 Å². The minimum absolute atomic E-state index is 0.262. The van der Waals surface area contributed by atoms with E-state index in [2.05, 4.69) is 36.6 Å². The number of aryl methyl sites for hydroxylation is 2. The summed E-state index contributed by atoms with van der Waals surface area (Å²) in [4.78, 5) is 30.9. The Morgan fingerprint density at radius 1 is 1.24 bits per heavy atom. The quantitative estimate of drug-likeness (QED) is 0.783. The molecule has 25 heavy (non-hydrogen) atoms. The van der Waals surface area contributed by atoms with Gasteiger partial charge in [0.15, 0.2) is 0 Å². The molecule has 0 aliphatic heterocycles. The molecule has 1 atom stereocenters. The topological polar surface area (TPSA) is 71.1 Å². The van der Waals surface area contributed by atoms with Crippen LogP contribution in [0.2, 0.25) is 0 Å². The molecule has 0 saturated heterocycles. The number of hydrazine groups is 1. The van der Waals surface area contributed by atoms with Gasteiger partial charge in [-0.15, -0.1) is 22.7 Å². The molecule has 1 aliphatic carbocycles. The molecule has 7 heteroatoms. The zero-order valence-electron chi connectivity index (χ0n) is 14.9. The van der Waals surface area contributed by atoms with E-state index in [0.29, 0.717) is 21.4 Å². The Balaban J connectivity index is 1.64. The Bertz CT molecular complexity index is 802. The number of carbonyl (C=O) groups is 2. The third-order valence-electron chi connectivity index (χ3n) is 4.77. The number of nitrogens with zero attached hydrogens (tertiary/aromatic N) is 1. The molecule has 2 aromatic rings. The van der Waals surface area contributed by atoms with Crippen LogP contribution in [0.3, 0.4) is 0 Å². The van der Waals surface area contributed by atoms with Crippen LogP contribution in [0.1, 0.15) is 62.7 Å². The van der Waals surface area contributed by atoms with Gasteiger partial charge >= 0.3 is 0 Å². The Labute approximate surface area is 155 Å². The first-order valence-electron chi connectivity index (χ1n) is 8.38. The van der Waals surface area contributed by atoms with E-state index < -0.39 is 0 Å². The molecule has 0 saturated carbocycles. The van der Waals surface area contributed by atoms with Crippen molar-refractivity contribution in [2.45, 2.75) is 47.0 Å². The van der Waals surface area contributed by atoms with Crippen LogP contribution in [0.5, 0.6) is 0 Å². The van der Waals surface area contributed by atoms with Gasteiger partial charge in [-0.2, -0.15) is 0 Å². The first-order valence-corrected chi connectivity index (χ1v) is 10.1. The van der Waals surface area contributed by atoms with Crippen LogP contribution in [0, 0.1) is 18.3 Å². The number of fused-ring (bicyclic) bond motifs is 1. The molecule has 0 aromatic carbocycles. The summed E-state index contributed by atoms with van der Waals surface area (Å²) in [5.41, 5.74) is 8.84. The molecule has 134 valence electrons. The van der Waals surface area contributed by atoms with E-state index >= 15 is 0 Å². The number of hydrogen-bond donors (Lipinski definition) is 2. The molecule has 0 radical (unpaired) electrons. The number of amides is 2. The number of thiazole rings is 1. The number of carbonyl (C=O) groups excluding carboxylic acids is 2. The van der Waals surface area contributed by atoms with Gasteiger partial charge in [0.25, 0.3) is 11.8 Å². The first-order chi connectivity index (χ1) is 11.8. The molecule has 2 aromatic heterocycles. The van der Waals surface area contributed by atoms with Crippen molar-refractivity contribution < 1.29 is 9.59 Å². The van der Waals surface area contributed by atoms with Gasteiger partial charge in [0.1, 0.15) is 4.88 Å². The van der Waals surface area contributed by atoms with Gasteiger partial charge in [-0.25, -0.2) is 4.98 Å². The van der Waals surface area contributed by atoms with E-state index in [1.165, 1.54) is 39.5 Å². The van der Waals surface area contributed by atoms with Gasteiger partial charge in [-0.3, -0.25) is 20.4 Å². The number of thiophene rings is 1. The molecule has 0 fully saturated rings. The fourth-order valence-corrected chi connectivity index (χ4v) is 4.93. The maximum atomic E-state index is 12.4. The van der Waals surface area contributed by atoms with E-state index in [1.54, 1.807) is 12.4 Å². The highest BCUT2D eigenvalue weighted by atomic mass is 32.1. The second-order valence-corrected chi connectivity index (χ2v) is 9.53. The Kier molecular flexibility index (Phi) is 4.97. The number of hydrogen-bond acceptors (Lipinski definition) is 5. The van der Waals surface area contributed by atoms with Crippen LogP contribution in [0.4, 0.5) is 0 Å². The monoisotopic (exact) mass is 377 g/mol. The van der Waals surface area contributed by atoms with Gasteiger partial charge in [-0.05, 0) is 49.1 Å². The van der Waals surface area contributed by atoms with Gasteiger partial charge in [-0.1, -0.05) is 20.8 Å². The minimum Gasteiger partial charge on any atom is -0.266 e. The molecule has 0 unspecified atom stereocenters. The molecule has 2 N–H and O–H groups in total. The Hall–Kier alpha value is -1.73. The smallest absolute Gasteiger partial charge is 0.266 e. The van der Waals surface area contributed by atoms with Gasteiger partial charge in [0, 0.05) is 4.88 Å². The largest absolute Gasteiger partial charge is 0.281 e. The van der Waals surface area contributed by atoms with Crippen molar-refractivity contribution in [2.24, 2.45) is 11.3 Å². The molecular formula is C18H23N3O2S2.